The van der Waals surface area contributed by atoms with Crippen LogP contribution in [0.25, 0.3) is 0 Å². The summed E-state index contributed by atoms with van der Waals surface area (Å²) in [5.74, 6) is 1.65. The van der Waals surface area contributed by atoms with E-state index in [-0.39, 0.29) is 5.91 Å². The molecule has 0 bridgehead atoms. The van der Waals surface area contributed by atoms with Crippen molar-refractivity contribution in [3.8, 4) is 11.5 Å². The summed E-state index contributed by atoms with van der Waals surface area (Å²) in [6, 6.07) is 11.4. The molecule has 0 aliphatic heterocycles. The molecule has 2 rings (SSSR count). The number of carbonyl (C=O) groups excluding carboxylic acids is 1. The van der Waals surface area contributed by atoms with Crippen LogP contribution in [0.2, 0.25) is 0 Å². The monoisotopic (exact) mass is 305 g/mol. The largest absolute Gasteiger partial charge is 0.497 e. The lowest BCUT2D eigenvalue weighted by molar-refractivity contribution is -0.121. The van der Waals surface area contributed by atoms with Crippen LogP contribution in [0.5, 0.6) is 11.5 Å². The summed E-state index contributed by atoms with van der Waals surface area (Å²) in [4.78, 5) is 12.8. The average Bonchev–Trinajstić information content (AvgIpc) is 3.03. The van der Waals surface area contributed by atoms with Crippen LogP contribution in [0.1, 0.15) is 17.7 Å². The van der Waals surface area contributed by atoms with E-state index in [1.165, 1.54) is 0 Å². The van der Waals surface area contributed by atoms with E-state index < -0.39 is 0 Å². The second kappa shape index (κ2) is 8.32. The van der Waals surface area contributed by atoms with Crippen molar-refractivity contribution >= 4 is 17.2 Å². The fraction of sp³-hybridized carbons (Fsp3) is 0.312. The van der Waals surface area contributed by atoms with Gasteiger partial charge >= 0.3 is 0 Å². The van der Waals surface area contributed by atoms with Gasteiger partial charge in [0.25, 0.3) is 0 Å². The number of rotatable bonds is 8. The van der Waals surface area contributed by atoms with Gasteiger partial charge in [-0.3, -0.25) is 4.79 Å². The van der Waals surface area contributed by atoms with Gasteiger partial charge in [0, 0.05) is 11.3 Å². The number of nitrogens with one attached hydrogen (secondary N) is 1. The zero-order valence-corrected chi connectivity index (χ0v) is 12.8. The van der Waals surface area contributed by atoms with E-state index in [0.717, 1.165) is 16.4 Å². The Kier molecular flexibility index (Phi) is 6.09. The molecule has 0 spiro atoms. The van der Waals surface area contributed by atoms with Gasteiger partial charge in [-0.05, 0) is 42.1 Å². The molecule has 1 aromatic carbocycles. The first-order valence-corrected chi connectivity index (χ1v) is 7.72. The van der Waals surface area contributed by atoms with Crippen molar-refractivity contribution in [2.75, 3.05) is 13.7 Å². The van der Waals surface area contributed by atoms with Crippen molar-refractivity contribution in [3.63, 3.8) is 0 Å². The van der Waals surface area contributed by atoms with Crippen LogP contribution in [0.15, 0.2) is 41.8 Å². The van der Waals surface area contributed by atoms with E-state index >= 15 is 0 Å². The minimum absolute atomic E-state index is 0.0572. The van der Waals surface area contributed by atoms with Crippen molar-refractivity contribution in [2.24, 2.45) is 0 Å². The summed E-state index contributed by atoms with van der Waals surface area (Å²) in [5, 5.41) is 4.90. The highest BCUT2D eigenvalue weighted by Crippen LogP contribution is 2.17. The molecule has 0 saturated carbocycles. The highest BCUT2D eigenvalue weighted by molar-refractivity contribution is 7.09. The molecule has 1 aromatic heterocycles. The molecule has 2 aromatic rings. The number of ether oxygens (including phenoxy) is 2. The van der Waals surface area contributed by atoms with Gasteiger partial charge in [-0.1, -0.05) is 6.07 Å². The lowest BCUT2D eigenvalue weighted by Gasteiger charge is -2.07. The van der Waals surface area contributed by atoms with Gasteiger partial charge in [0.2, 0.25) is 5.91 Å². The fourth-order valence-corrected chi connectivity index (χ4v) is 2.43. The molecule has 1 amide bonds. The highest BCUT2D eigenvalue weighted by atomic mass is 32.1. The molecule has 1 heterocycles. The maximum atomic E-state index is 11.7. The van der Waals surface area contributed by atoms with Crippen LogP contribution < -0.4 is 14.8 Å². The maximum absolute atomic E-state index is 11.7. The van der Waals surface area contributed by atoms with E-state index in [9.17, 15) is 4.79 Å². The van der Waals surface area contributed by atoms with Crippen LogP contribution in [0.3, 0.4) is 0 Å². The first-order valence-electron chi connectivity index (χ1n) is 6.84. The Hall–Kier alpha value is -2.01. The number of amides is 1. The van der Waals surface area contributed by atoms with Crippen molar-refractivity contribution in [1.82, 2.24) is 5.32 Å². The molecule has 0 unspecified atom stereocenters. The number of carbonyl (C=O) groups is 1. The highest BCUT2D eigenvalue weighted by Gasteiger charge is 2.02. The van der Waals surface area contributed by atoms with E-state index in [1.807, 2.05) is 41.8 Å². The van der Waals surface area contributed by atoms with Crippen LogP contribution >= 0.6 is 11.3 Å². The van der Waals surface area contributed by atoms with Gasteiger partial charge in [-0.2, -0.15) is 0 Å². The van der Waals surface area contributed by atoms with Crippen LogP contribution in [0.4, 0.5) is 0 Å². The van der Waals surface area contributed by atoms with E-state index in [4.69, 9.17) is 9.47 Å². The SMILES string of the molecule is COc1ccc(OCCCC(=O)NCc2cccs2)cc1. The van der Waals surface area contributed by atoms with Crippen molar-refractivity contribution in [2.45, 2.75) is 19.4 Å². The average molecular weight is 305 g/mol. The summed E-state index contributed by atoms with van der Waals surface area (Å²) < 4.78 is 10.6. The van der Waals surface area contributed by atoms with Gasteiger partial charge in [-0.15, -0.1) is 11.3 Å². The van der Waals surface area contributed by atoms with E-state index in [1.54, 1.807) is 18.4 Å². The van der Waals surface area contributed by atoms with Crippen LogP contribution in [-0.4, -0.2) is 19.6 Å². The molecule has 21 heavy (non-hydrogen) atoms. The summed E-state index contributed by atoms with van der Waals surface area (Å²) in [7, 11) is 1.63. The molecular formula is C16H19NO3S. The standard InChI is InChI=1S/C16H19NO3S/c1-19-13-6-8-14(9-7-13)20-10-2-5-16(18)17-12-15-4-3-11-21-15/h3-4,6-9,11H,2,5,10,12H2,1H3,(H,17,18). The molecule has 0 aliphatic rings. The zero-order chi connectivity index (χ0) is 14.9. The molecule has 1 N–H and O–H groups in total. The van der Waals surface area contributed by atoms with E-state index in [2.05, 4.69) is 5.32 Å². The lowest BCUT2D eigenvalue weighted by Crippen LogP contribution is -2.22. The minimum Gasteiger partial charge on any atom is -0.497 e. The third kappa shape index (κ3) is 5.47. The predicted molar refractivity (Wildman–Crippen MR) is 83.9 cm³/mol. The third-order valence-electron chi connectivity index (χ3n) is 2.92. The van der Waals surface area contributed by atoms with Gasteiger partial charge in [0.15, 0.2) is 0 Å². The van der Waals surface area contributed by atoms with E-state index in [0.29, 0.717) is 26.0 Å². The van der Waals surface area contributed by atoms with Gasteiger partial charge < -0.3 is 14.8 Å². The molecule has 0 saturated heterocycles. The van der Waals surface area contributed by atoms with Gasteiger partial charge in [0.05, 0.1) is 20.3 Å². The van der Waals surface area contributed by atoms with Crippen molar-refractivity contribution < 1.29 is 14.3 Å². The Balaban J connectivity index is 1.59. The van der Waals surface area contributed by atoms with Crippen molar-refractivity contribution in [1.29, 1.82) is 0 Å². The smallest absolute Gasteiger partial charge is 0.220 e. The summed E-state index contributed by atoms with van der Waals surface area (Å²) in [5.41, 5.74) is 0. The Morgan fingerprint density at radius 2 is 1.95 bits per heavy atom. The number of benzene rings is 1. The molecule has 5 heteroatoms. The van der Waals surface area contributed by atoms with Crippen LogP contribution in [-0.2, 0) is 11.3 Å². The molecule has 0 radical (unpaired) electrons. The van der Waals surface area contributed by atoms with Gasteiger partial charge in [-0.25, -0.2) is 0 Å². The Morgan fingerprint density at radius 1 is 1.19 bits per heavy atom. The molecule has 0 atom stereocenters. The molecule has 112 valence electrons. The molecule has 0 aliphatic carbocycles. The normalized spacial score (nSPS) is 10.1. The van der Waals surface area contributed by atoms with Gasteiger partial charge in [0.1, 0.15) is 11.5 Å². The predicted octanol–water partition coefficient (Wildman–Crippen LogP) is 3.23. The fourth-order valence-electron chi connectivity index (χ4n) is 1.78. The van der Waals surface area contributed by atoms with Crippen LogP contribution in [0, 0.1) is 0 Å². The van der Waals surface area contributed by atoms with Crippen molar-refractivity contribution in [3.05, 3.63) is 46.7 Å². The Labute approximate surface area is 128 Å². The Bertz CT molecular complexity index is 537. The lowest BCUT2D eigenvalue weighted by atomic mass is 10.3. The second-order valence-electron chi connectivity index (χ2n) is 4.48. The number of hydrogen-bond donors (Lipinski definition) is 1. The first kappa shape index (κ1) is 15.4. The molecular weight excluding hydrogens is 286 g/mol. The third-order valence-corrected chi connectivity index (χ3v) is 3.79. The number of hydrogen-bond acceptors (Lipinski definition) is 4. The number of methoxy groups -OCH3 is 1. The topological polar surface area (TPSA) is 47.6 Å². The minimum atomic E-state index is 0.0572. The summed E-state index contributed by atoms with van der Waals surface area (Å²) >= 11 is 1.64. The first-order chi connectivity index (χ1) is 10.3. The maximum Gasteiger partial charge on any atom is 0.220 e. The second-order valence-corrected chi connectivity index (χ2v) is 5.52. The quantitative estimate of drug-likeness (QED) is 0.762. The molecule has 4 nitrogen and oxygen atoms in total. The summed E-state index contributed by atoms with van der Waals surface area (Å²) in [6.45, 7) is 1.13. The molecule has 0 fully saturated rings. The summed E-state index contributed by atoms with van der Waals surface area (Å²) in [6.07, 6.45) is 1.17. The Morgan fingerprint density at radius 3 is 2.62 bits per heavy atom. The number of thiophene rings is 1. The zero-order valence-electron chi connectivity index (χ0n) is 12.0.